The average molecular weight is 428 g/mol. The average Bonchev–Trinajstić information content (AvgIpc) is 3.20. The van der Waals surface area contributed by atoms with E-state index in [1.807, 2.05) is 6.07 Å². The molecule has 166 valence electrons. The minimum absolute atomic E-state index is 0.0356. The number of carboxylic acids is 2. The molecule has 4 unspecified atom stereocenters. The summed E-state index contributed by atoms with van der Waals surface area (Å²) in [6.45, 7) is 3.04. The van der Waals surface area contributed by atoms with Crippen molar-refractivity contribution in [3.63, 3.8) is 0 Å². The van der Waals surface area contributed by atoms with Gasteiger partial charge in [-0.05, 0) is 5.56 Å². The van der Waals surface area contributed by atoms with Crippen LogP contribution in [0.4, 0.5) is 13.6 Å². The second-order valence-corrected chi connectivity index (χ2v) is 7.45. The molecule has 1 aromatic carbocycles. The number of hydrogen-bond donors (Lipinski definition) is 3. The van der Waals surface area contributed by atoms with Gasteiger partial charge in [-0.2, -0.15) is 0 Å². The van der Waals surface area contributed by atoms with Crippen LogP contribution in [-0.4, -0.2) is 70.7 Å². The van der Waals surface area contributed by atoms with Gasteiger partial charge in [0.2, 0.25) is 0 Å². The molecule has 0 aliphatic carbocycles. The Morgan fingerprint density at radius 1 is 1.07 bits per heavy atom. The number of benzene rings is 1. The van der Waals surface area contributed by atoms with Gasteiger partial charge in [0, 0.05) is 18.4 Å². The molecule has 1 amide bonds. The van der Waals surface area contributed by atoms with E-state index in [0.29, 0.717) is 0 Å². The number of nitrogens with one attached hydrogen (secondary N) is 1. The summed E-state index contributed by atoms with van der Waals surface area (Å²) >= 11 is 0. The van der Waals surface area contributed by atoms with Crippen LogP contribution in [0.2, 0.25) is 0 Å². The number of amides is 1. The Balaban J connectivity index is 0.000000269. The van der Waals surface area contributed by atoms with Gasteiger partial charge >= 0.3 is 18.0 Å². The van der Waals surface area contributed by atoms with Crippen molar-refractivity contribution in [1.29, 1.82) is 0 Å². The van der Waals surface area contributed by atoms with E-state index < -0.39 is 54.3 Å². The molecule has 3 N–H and O–H groups in total. The number of carboxylic acid groups (broad SMARTS) is 2. The second-order valence-electron chi connectivity index (χ2n) is 7.45. The Hall–Kier alpha value is -2.75. The van der Waals surface area contributed by atoms with Crippen molar-refractivity contribution in [2.75, 3.05) is 13.1 Å². The van der Waals surface area contributed by atoms with Crippen molar-refractivity contribution in [3.05, 3.63) is 35.9 Å². The van der Waals surface area contributed by atoms with Crippen molar-refractivity contribution in [2.24, 2.45) is 11.8 Å². The van der Waals surface area contributed by atoms with Gasteiger partial charge in [0.1, 0.15) is 31.0 Å². The molecule has 2 aliphatic rings. The predicted octanol–water partition coefficient (Wildman–Crippen LogP) is 2.08. The highest BCUT2D eigenvalue weighted by molar-refractivity contribution is 5.81. The summed E-state index contributed by atoms with van der Waals surface area (Å²) in [6, 6.07) is 7.14. The van der Waals surface area contributed by atoms with E-state index in [2.05, 4.69) is 5.32 Å². The number of alkyl halides is 2. The summed E-state index contributed by atoms with van der Waals surface area (Å²) in [5.74, 6) is -3.32. The first-order valence-corrected chi connectivity index (χ1v) is 9.58. The lowest BCUT2D eigenvalue weighted by Crippen LogP contribution is -2.43. The number of rotatable bonds is 4. The Kier molecular flexibility index (Phi) is 8.10. The van der Waals surface area contributed by atoms with Crippen LogP contribution >= 0.6 is 0 Å². The summed E-state index contributed by atoms with van der Waals surface area (Å²) in [7, 11) is 0. The van der Waals surface area contributed by atoms with Gasteiger partial charge in [0.15, 0.2) is 0 Å². The van der Waals surface area contributed by atoms with Crippen LogP contribution < -0.4 is 5.32 Å². The monoisotopic (exact) mass is 428 g/mol. The van der Waals surface area contributed by atoms with E-state index in [4.69, 9.17) is 14.9 Å². The Morgan fingerprint density at radius 3 is 2.17 bits per heavy atom. The molecule has 1 aromatic rings. The minimum atomic E-state index is -1.35. The molecule has 0 aromatic heterocycles. The molecule has 6 atom stereocenters. The van der Waals surface area contributed by atoms with Gasteiger partial charge in [-0.3, -0.25) is 9.69 Å². The van der Waals surface area contributed by atoms with Crippen molar-refractivity contribution in [1.82, 2.24) is 10.2 Å². The summed E-state index contributed by atoms with van der Waals surface area (Å²) in [6.07, 6.45) is -3.16. The number of carbonyl (C=O) groups is 3. The number of halogens is 2. The molecule has 2 aliphatic heterocycles. The maximum atomic E-state index is 13.6. The first-order valence-electron chi connectivity index (χ1n) is 9.58. The maximum Gasteiger partial charge on any atom is 0.410 e. The van der Waals surface area contributed by atoms with Gasteiger partial charge in [-0.15, -0.1) is 0 Å². The number of likely N-dealkylation sites (tertiary alicyclic amines) is 1. The fraction of sp³-hybridized carbons (Fsp3) is 0.550. The van der Waals surface area contributed by atoms with Crippen molar-refractivity contribution in [3.8, 4) is 0 Å². The number of carbonyl (C=O) groups excluding carboxylic acids is 1. The Bertz CT molecular complexity index is 750. The van der Waals surface area contributed by atoms with Crippen LogP contribution in [0, 0.1) is 11.8 Å². The number of nitrogens with zero attached hydrogens (tertiary/aromatic N) is 1. The van der Waals surface area contributed by atoms with Gasteiger partial charge in [0.25, 0.3) is 0 Å². The molecule has 0 radical (unpaired) electrons. The second kappa shape index (κ2) is 10.3. The normalized spacial score (nSPS) is 30.3. The molecular formula is C20H26F2N2O6. The fourth-order valence-electron chi connectivity index (χ4n) is 3.43. The van der Waals surface area contributed by atoms with E-state index in [9.17, 15) is 23.2 Å². The molecule has 0 spiro atoms. The Morgan fingerprint density at radius 2 is 1.70 bits per heavy atom. The summed E-state index contributed by atoms with van der Waals surface area (Å²) in [5, 5.41) is 20.1. The number of hydrogen-bond acceptors (Lipinski definition) is 5. The van der Waals surface area contributed by atoms with Crippen LogP contribution in [0.25, 0.3) is 0 Å². The lowest BCUT2D eigenvalue weighted by atomic mass is 10.0. The molecular weight excluding hydrogens is 402 g/mol. The smallest absolute Gasteiger partial charge is 0.410 e. The van der Waals surface area contributed by atoms with E-state index in [1.165, 1.54) is 6.92 Å². The van der Waals surface area contributed by atoms with Crippen LogP contribution in [0.1, 0.15) is 19.4 Å². The molecule has 2 fully saturated rings. The van der Waals surface area contributed by atoms with Gasteiger partial charge < -0.3 is 20.3 Å². The third kappa shape index (κ3) is 5.65. The zero-order valence-electron chi connectivity index (χ0n) is 16.7. The Labute approximate surface area is 172 Å². The third-order valence-electron chi connectivity index (χ3n) is 5.36. The highest BCUT2D eigenvalue weighted by Gasteiger charge is 2.46. The summed E-state index contributed by atoms with van der Waals surface area (Å²) in [4.78, 5) is 34.3. The van der Waals surface area contributed by atoms with Crippen LogP contribution in [0.5, 0.6) is 0 Å². The van der Waals surface area contributed by atoms with Crippen LogP contribution in [0.15, 0.2) is 30.3 Å². The molecule has 3 rings (SSSR count). The predicted molar refractivity (Wildman–Crippen MR) is 102 cm³/mol. The number of aliphatic carboxylic acids is 2. The van der Waals surface area contributed by atoms with Crippen LogP contribution in [-0.2, 0) is 20.9 Å². The minimum Gasteiger partial charge on any atom is -0.480 e. The van der Waals surface area contributed by atoms with Crippen molar-refractivity contribution in [2.45, 2.75) is 44.9 Å². The SMILES string of the molecule is CC1C(F)CN(C(=O)OCc2ccccc2)[C@@H]1C(=O)O.CC1C(F)CN[C@@H]1C(=O)O. The van der Waals surface area contributed by atoms with Gasteiger partial charge in [-0.25, -0.2) is 18.4 Å². The molecule has 10 heteroatoms. The zero-order valence-corrected chi connectivity index (χ0v) is 16.7. The lowest BCUT2D eigenvalue weighted by Gasteiger charge is -2.22. The van der Waals surface area contributed by atoms with E-state index in [1.54, 1.807) is 31.2 Å². The largest absolute Gasteiger partial charge is 0.480 e. The van der Waals surface area contributed by atoms with E-state index >= 15 is 0 Å². The lowest BCUT2D eigenvalue weighted by molar-refractivity contribution is -0.143. The topological polar surface area (TPSA) is 116 Å². The van der Waals surface area contributed by atoms with Crippen molar-refractivity contribution < 1.29 is 38.1 Å². The zero-order chi connectivity index (χ0) is 22.4. The van der Waals surface area contributed by atoms with E-state index in [0.717, 1.165) is 10.5 Å². The molecule has 2 saturated heterocycles. The highest BCUT2D eigenvalue weighted by atomic mass is 19.1. The van der Waals surface area contributed by atoms with Crippen molar-refractivity contribution >= 4 is 18.0 Å². The number of ether oxygens (including phenoxy) is 1. The quantitative estimate of drug-likeness (QED) is 0.672. The molecule has 0 saturated carbocycles. The third-order valence-corrected chi connectivity index (χ3v) is 5.36. The van der Waals surface area contributed by atoms with Crippen LogP contribution in [0.3, 0.4) is 0 Å². The first kappa shape index (κ1) is 23.5. The molecule has 30 heavy (non-hydrogen) atoms. The van der Waals surface area contributed by atoms with Gasteiger partial charge in [-0.1, -0.05) is 44.2 Å². The van der Waals surface area contributed by atoms with Gasteiger partial charge in [0.05, 0.1) is 6.54 Å². The summed E-state index contributed by atoms with van der Waals surface area (Å²) in [5.41, 5.74) is 0.789. The van der Waals surface area contributed by atoms with E-state index in [-0.39, 0.29) is 19.7 Å². The highest BCUT2D eigenvalue weighted by Crippen LogP contribution is 2.28. The molecule has 8 nitrogen and oxygen atoms in total. The fourth-order valence-corrected chi connectivity index (χ4v) is 3.43. The first-order chi connectivity index (χ1) is 14.1. The molecule has 2 heterocycles. The summed E-state index contributed by atoms with van der Waals surface area (Å²) < 4.78 is 31.2. The molecule has 0 bridgehead atoms. The maximum absolute atomic E-state index is 13.6. The standard InChI is InChI=1S/C14H16FNO4.C6H10FNO2/c1-9-11(15)7-16(12(9)13(17)18)14(19)20-8-10-5-3-2-4-6-10;1-3-4(7)2-8-5(3)6(9)10/h2-6,9,11-12H,7-8H2,1H3,(H,17,18);3-5,8H,2H2,1H3,(H,9,10)/t9?,11?,12-;3?,4?,5-/m00/s1.